The van der Waals surface area contributed by atoms with Gasteiger partial charge in [-0.15, -0.1) is 6.58 Å². The summed E-state index contributed by atoms with van der Waals surface area (Å²) in [7, 11) is 0. The molecule has 0 atom stereocenters. The molecule has 1 aliphatic heterocycles. The molecule has 1 saturated heterocycles. The van der Waals surface area contributed by atoms with Crippen molar-refractivity contribution < 1.29 is 9.63 Å². The lowest BCUT2D eigenvalue weighted by atomic mass is 10.0. The molecular formula is C7H12N2O2. The van der Waals surface area contributed by atoms with E-state index in [1.54, 1.807) is 6.08 Å². The lowest BCUT2D eigenvalue weighted by Crippen LogP contribution is -2.50. The van der Waals surface area contributed by atoms with E-state index in [4.69, 9.17) is 4.84 Å². The van der Waals surface area contributed by atoms with Crippen molar-refractivity contribution in [3.8, 4) is 0 Å². The van der Waals surface area contributed by atoms with Crippen molar-refractivity contribution in [2.24, 2.45) is 5.92 Å². The Morgan fingerprint density at radius 1 is 1.82 bits per heavy atom. The Hall–Kier alpha value is -0.870. The standard InChI is InChI=1S/C7H12N2O2/c1-2-3-11-9-7(10)6-4-8-5-6/h2,6,8H,1,3-5H2,(H,9,10). The van der Waals surface area contributed by atoms with Crippen LogP contribution in [-0.2, 0) is 9.63 Å². The molecule has 0 aromatic heterocycles. The van der Waals surface area contributed by atoms with Crippen LogP contribution in [0.5, 0.6) is 0 Å². The summed E-state index contributed by atoms with van der Waals surface area (Å²) in [5.74, 6) is 0.0328. The van der Waals surface area contributed by atoms with Crippen LogP contribution in [0.25, 0.3) is 0 Å². The van der Waals surface area contributed by atoms with Crippen LogP contribution in [0.4, 0.5) is 0 Å². The largest absolute Gasteiger partial charge is 0.315 e. The fourth-order valence-electron chi connectivity index (χ4n) is 0.729. The van der Waals surface area contributed by atoms with Gasteiger partial charge in [-0.1, -0.05) is 6.08 Å². The van der Waals surface area contributed by atoms with E-state index in [9.17, 15) is 4.79 Å². The van der Waals surface area contributed by atoms with Gasteiger partial charge in [-0.3, -0.25) is 9.63 Å². The predicted octanol–water partition coefficient (Wildman–Crippen LogP) is -0.560. The van der Waals surface area contributed by atoms with Crippen molar-refractivity contribution in [1.82, 2.24) is 10.8 Å². The van der Waals surface area contributed by atoms with E-state index in [0.29, 0.717) is 6.61 Å². The maximum atomic E-state index is 11.0. The van der Waals surface area contributed by atoms with Crippen molar-refractivity contribution in [3.05, 3.63) is 12.7 Å². The van der Waals surface area contributed by atoms with Crippen molar-refractivity contribution in [2.75, 3.05) is 19.7 Å². The number of carbonyl (C=O) groups excluding carboxylic acids is 1. The molecule has 11 heavy (non-hydrogen) atoms. The minimum atomic E-state index is -0.0504. The second-order valence-corrected chi connectivity index (χ2v) is 2.42. The molecule has 1 fully saturated rings. The second kappa shape index (κ2) is 4.10. The number of nitrogens with one attached hydrogen (secondary N) is 2. The highest BCUT2D eigenvalue weighted by molar-refractivity contribution is 5.78. The Morgan fingerprint density at radius 3 is 3.00 bits per heavy atom. The molecule has 0 bridgehead atoms. The molecule has 0 aromatic rings. The monoisotopic (exact) mass is 156 g/mol. The molecule has 0 spiro atoms. The van der Waals surface area contributed by atoms with Gasteiger partial charge >= 0.3 is 0 Å². The first-order valence-corrected chi connectivity index (χ1v) is 3.58. The van der Waals surface area contributed by atoms with Crippen LogP contribution in [0.2, 0.25) is 0 Å². The number of amides is 1. The highest BCUT2D eigenvalue weighted by atomic mass is 16.6. The highest BCUT2D eigenvalue weighted by Gasteiger charge is 2.24. The van der Waals surface area contributed by atoms with E-state index in [1.165, 1.54) is 0 Å². The fourth-order valence-corrected chi connectivity index (χ4v) is 0.729. The Balaban J connectivity index is 2.05. The van der Waals surface area contributed by atoms with Crippen LogP contribution in [0.3, 0.4) is 0 Å². The lowest BCUT2D eigenvalue weighted by molar-refractivity contribution is -0.138. The van der Waals surface area contributed by atoms with Crippen LogP contribution >= 0.6 is 0 Å². The molecule has 62 valence electrons. The number of hydrogen-bond acceptors (Lipinski definition) is 3. The van der Waals surface area contributed by atoms with Gasteiger partial charge in [0.25, 0.3) is 0 Å². The number of rotatable bonds is 4. The number of hydroxylamine groups is 1. The molecule has 0 radical (unpaired) electrons. The highest BCUT2D eigenvalue weighted by Crippen LogP contribution is 2.01. The SMILES string of the molecule is C=CCONC(=O)C1CNC1. The van der Waals surface area contributed by atoms with Crippen molar-refractivity contribution >= 4 is 5.91 Å². The Kier molecular flexibility index (Phi) is 3.07. The molecule has 2 N–H and O–H groups in total. The summed E-state index contributed by atoms with van der Waals surface area (Å²) in [6.45, 7) is 5.31. The quantitative estimate of drug-likeness (QED) is 0.326. The van der Waals surface area contributed by atoms with Gasteiger partial charge in [-0.2, -0.15) is 0 Å². The summed E-state index contributed by atoms with van der Waals surface area (Å²) in [5.41, 5.74) is 2.34. The van der Waals surface area contributed by atoms with E-state index < -0.39 is 0 Å². The van der Waals surface area contributed by atoms with Gasteiger partial charge in [0.1, 0.15) is 0 Å². The number of carbonyl (C=O) groups is 1. The Morgan fingerprint density at radius 2 is 2.55 bits per heavy atom. The van der Waals surface area contributed by atoms with Crippen molar-refractivity contribution in [1.29, 1.82) is 0 Å². The van der Waals surface area contributed by atoms with E-state index in [-0.39, 0.29) is 11.8 Å². The first-order chi connectivity index (χ1) is 5.34. The van der Waals surface area contributed by atoms with Gasteiger partial charge in [0, 0.05) is 13.1 Å². The van der Waals surface area contributed by atoms with Gasteiger partial charge in [0.15, 0.2) is 0 Å². The maximum absolute atomic E-state index is 11.0. The third kappa shape index (κ3) is 2.32. The molecule has 0 saturated carbocycles. The predicted molar refractivity (Wildman–Crippen MR) is 40.7 cm³/mol. The third-order valence-electron chi connectivity index (χ3n) is 1.53. The van der Waals surface area contributed by atoms with E-state index in [1.807, 2.05) is 0 Å². The van der Waals surface area contributed by atoms with Gasteiger partial charge in [0.05, 0.1) is 12.5 Å². The second-order valence-electron chi connectivity index (χ2n) is 2.42. The first-order valence-electron chi connectivity index (χ1n) is 3.58. The van der Waals surface area contributed by atoms with E-state index in [2.05, 4.69) is 17.4 Å². The average Bonchev–Trinajstić information content (AvgIpc) is 1.84. The molecule has 0 aromatic carbocycles. The van der Waals surface area contributed by atoms with Gasteiger partial charge < -0.3 is 5.32 Å². The molecule has 0 unspecified atom stereocenters. The van der Waals surface area contributed by atoms with Crippen LogP contribution < -0.4 is 10.8 Å². The molecule has 1 heterocycles. The zero-order valence-corrected chi connectivity index (χ0v) is 6.30. The molecule has 4 heteroatoms. The summed E-state index contributed by atoms with van der Waals surface area (Å²) in [5, 5.41) is 3.00. The maximum Gasteiger partial charge on any atom is 0.249 e. The minimum Gasteiger partial charge on any atom is -0.315 e. The zero-order valence-electron chi connectivity index (χ0n) is 6.30. The van der Waals surface area contributed by atoms with Crippen LogP contribution in [0, 0.1) is 5.92 Å². The fraction of sp³-hybridized carbons (Fsp3) is 0.571. The van der Waals surface area contributed by atoms with E-state index in [0.717, 1.165) is 13.1 Å². The first kappa shape index (κ1) is 8.23. The summed E-state index contributed by atoms with van der Waals surface area (Å²) in [6, 6.07) is 0. The topological polar surface area (TPSA) is 50.4 Å². The van der Waals surface area contributed by atoms with Crippen LogP contribution in [-0.4, -0.2) is 25.6 Å². The number of hydrogen-bond donors (Lipinski definition) is 2. The minimum absolute atomic E-state index is 0.0504. The molecular weight excluding hydrogens is 144 g/mol. The Bertz CT molecular complexity index is 155. The normalized spacial score (nSPS) is 17.1. The molecule has 1 rings (SSSR count). The molecule has 1 aliphatic rings. The lowest BCUT2D eigenvalue weighted by Gasteiger charge is -2.25. The van der Waals surface area contributed by atoms with E-state index >= 15 is 0 Å². The van der Waals surface area contributed by atoms with Gasteiger partial charge in [0.2, 0.25) is 5.91 Å². The smallest absolute Gasteiger partial charge is 0.249 e. The third-order valence-corrected chi connectivity index (χ3v) is 1.53. The molecule has 0 aliphatic carbocycles. The summed E-state index contributed by atoms with van der Waals surface area (Å²) >= 11 is 0. The van der Waals surface area contributed by atoms with Crippen molar-refractivity contribution in [2.45, 2.75) is 0 Å². The average molecular weight is 156 g/mol. The molecule has 4 nitrogen and oxygen atoms in total. The van der Waals surface area contributed by atoms with Gasteiger partial charge in [-0.05, 0) is 0 Å². The molecule has 1 amide bonds. The summed E-state index contributed by atoms with van der Waals surface area (Å²) < 4.78 is 0. The van der Waals surface area contributed by atoms with Crippen molar-refractivity contribution in [3.63, 3.8) is 0 Å². The Labute approximate surface area is 65.6 Å². The summed E-state index contributed by atoms with van der Waals surface area (Å²) in [4.78, 5) is 15.7. The van der Waals surface area contributed by atoms with Gasteiger partial charge in [-0.25, -0.2) is 5.48 Å². The summed E-state index contributed by atoms with van der Waals surface area (Å²) in [6.07, 6.45) is 1.58. The van der Waals surface area contributed by atoms with Crippen LogP contribution in [0.1, 0.15) is 0 Å². The van der Waals surface area contributed by atoms with Crippen LogP contribution in [0.15, 0.2) is 12.7 Å². The zero-order chi connectivity index (χ0) is 8.10.